The molecule has 0 spiro atoms. The van der Waals surface area contributed by atoms with Gasteiger partial charge in [0.1, 0.15) is 30.7 Å². The Labute approximate surface area is 344 Å². The Balaban J connectivity index is 1.09. The summed E-state index contributed by atoms with van der Waals surface area (Å²) < 4.78 is 80.5. The van der Waals surface area contributed by atoms with Crippen molar-refractivity contribution >= 4 is 62.8 Å². The molecule has 2 amide bonds. The zero-order valence-electron chi connectivity index (χ0n) is 31.9. The molecule has 61 heavy (non-hydrogen) atoms. The number of nitriles is 1. The molecule has 10 atom stereocenters. The highest BCUT2D eigenvalue weighted by atomic mass is 31.2. The number of H-pyrrole nitrogens is 1. The van der Waals surface area contributed by atoms with Crippen LogP contribution in [0.25, 0.3) is 22.3 Å². The Morgan fingerprint density at radius 2 is 1.74 bits per heavy atom. The lowest BCUT2D eigenvalue weighted by atomic mass is 10.1. The van der Waals surface area contributed by atoms with Crippen molar-refractivity contribution in [2.24, 2.45) is 5.92 Å². The van der Waals surface area contributed by atoms with Gasteiger partial charge in [-0.25, -0.2) is 28.7 Å². The zero-order valence-corrected chi connectivity index (χ0v) is 33.8. The van der Waals surface area contributed by atoms with E-state index in [2.05, 4.69) is 40.5 Å². The topological polar surface area (TPSA) is 302 Å². The molecule has 6 heterocycles. The molecule has 0 saturated carbocycles. The number of nitrogens with zero attached hydrogens (tertiary/aromatic N) is 8. The lowest BCUT2D eigenvalue weighted by Gasteiger charge is -2.24. The number of benzene rings is 1. The first-order valence-electron chi connectivity index (χ1n) is 18.4. The maximum Gasteiger partial charge on any atom is 0.330 e. The van der Waals surface area contributed by atoms with Gasteiger partial charge in [-0.1, -0.05) is 32.0 Å². The summed E-state index contributed by atoms with van der Waals surface area (Å²) in [5, 5.41) is 23.8. The number of carbonyl (C=O) groups is 2. The molecule has 23 nitrogen and oxygen atoms in total. The van der Waals surface area contributed by atoms with Gasteiger partial charge >= 0.3 is 16.9 Å². The largest absolute Gasteiger partial charge is 0.394 e. The van der Waals surface area contributed by atoms with Gasteiger partial charge < -0.3 is 42.9 Å². The predicted molar refractivity (Wildman–Crippen MR) is 206 cm³/mol. The second-order valence-corrected chi connectivity index (χ2v) is 15.6. The van der Waals surface area contributed by atoms with E-state index in [1.807, 2.05) is 6.07 Å². The third kappa shape index (κ3) is 9.48. The molecule has 324 valence electrons. The number of hydrogen-bond acceptors (Lipinski definition) is 18. The molecule has 2 fully saturated rings. The number of anilines is 2. The first-order valence-corrected chi connectivity index (χ1v) is 20.7. The predicted octanol–water partition coefficient (Wildman–Crippen LogP) is 2.60. The minimum atomic E-state index is -3.44. The fourth-order valence-electron chi connectivity index (χ4n) is 6.30. The summed E-state index contributed by atoms with van der Waals surface area (Å²) in [6.07, 6.45) is -10.4. The van der Waals surface area contributed by atoms with Crippen molar-refractivity contribution in [2.45, 2.75) is 69.5 Å². The van der Waals surface area contributed by atoms with Gasteiger partial charge in [0.2, 0.25) is 11.9 Å². The Morgan fingerprint density at radius 3 is 2.46 bits per heavy atom. The van der Waals surface area contributed by atoms with Crippen LogP contribution >= 0.6 is 16.9 Å². The van der Waals surface area contributed by atoms with Crippen LogP contribution in [-0.2, 0) is 36.9 Å². The molecule has 7 rings (SSSR count). The number of aromatic nitrogens is 8. The number of alkyl halides is 2. The number of aromatic amines is 1. The third-order valence-corrected chi connectivity index (χ3v) is 11.0. The van der Waals surface area contributed by atoms with Gasteiger partial charge in [-0.15, -0.1) is 0 Å². The van der Waals surface area contributed by atoms with Gasteiger partial charge in [-0.2, -0.15) is 10.2 Å². The van der Waals surface area contributed by atoms with Gasteiger partial charge in [-0.05, 0) is 12.1 Å². The summed E-state index contributed by atoms with van der Waals surface area (Å²) in [4.78, 5) is 72.2. The number of halogens is 2. The number of nitrogens with one attached hydrogen (secondary N) is 3. The molecule has 2 saturated heterocycles. The number of carbonyl (C=O) groups excluding carboxylic acids is 2. The SMILES string of the molecule is CC(C)C(=O)Nc1nc2c(ncn2[C@@H]2O[C@H](CO)[C@@H](F)[C@H]2OP(O)OC[C@H]2O[C@@H](n3cnc4c(NC(=O)c5ccccc5)ncnc43)[C@@H](F)[C@@H]2O[PH](=O)OCCC#N)c(=O)[nH]1. The Morgan fingerprint density at radius 1 is 1.02 bits per heavy atom. The van der Waals surface area contributed by atoms with Crippen LogP contribution in [0.1, 0.15) is 43.1 Å². The highest BCUT2D eigenvalue weighted by Gasteiger charge is 2.51. The molecule has 2 aliphatic heterocycles. The third-order valence-electron chi connectivity index (χ3n) is 9.31. The summed E-state index contributed by atoms with van der Waals surface area (Å²) in [7, 11) is -6.52. The van der Waals surface area contributed by atoms with Gasteiger partial charge in [0.05, 0.1) is 45.0 Å². The summed E-state index contributed by atoms with van der Waals surface area (Å²) in [6.45, 7) is 1.42. The maximum atomic E-state index is 16.4. The quantitative estimate of drug-likeness (QED) is 0.0662. The number of aliphatic hydroxyl groups excluding tert-OH is 1. The van der Waals surface area contributed by atoms with Gasteiger partial charge in [0.25, 0.3) is 11.5 Å². The van der Waals surface area contributed by atoms with Crippen LogP contribution in [0.15, 0.2) is 54.1 Å². The molecular formula is C34H37F2N11O12P2. The van der Waals surface area contributed by atoms with E-state index in [0.29, 0.717) is 5.56 Å². The molecule has 5 N–H and O–H groups in total. The minimum Gasteiger partial charge on any atom is -0.394 e. The number of amides is 2. The molecule has 0 aliphatic carbocycles. The van der Waals surface area contributed by atoms with Crippen LogP contribution in [0, 0.1) is 17.2 Å². The lowest BCUT2D eigenvalue weighted by molar-refractivity contribution is -0.118. The molecule has 4 aromatic heterocycles. The summed E-state index contributed by atoms with van der Waals surface area (Å²) in [5.41, 5.74) is -0.700. The van der Waals surface area contributed by atoms with E-state index in [1.54, 1.807) is 44.2 Å². The van der Waals surface area contributed by atoms with Crippen molar-refractivity contribution in [3.05, 3.63) is 65.2 Å². The highest BCUT2D eigenvalue weighted by Crippen LogP contribution is 2.46. The summed E-state index contributed by atoms with van der Waals surface area (Å²) in [6, 6.07) is 10.1. The van der Waals surface area contributed by atoms with Crippen molar-refractivity contribution < 1.29 is 60.5 Å². The van der Waals surface area contributed by atoms with E-state index < -0.39 is 103 Å². The van der Waals surface area contributed by atoms with Crippen LogP contribution < -0.4 is 16.2 Å². The molecule has 1 aromatic carbocycles. The second kappa shape index (κ2) is 19.2. The normalized spacial score (nSPS) is 24.9. The van der Waals surface area contributed by atoms with E-state index in [1.165, 1.54) is 10.9 Å². The fraction of sp³-hybridized carbons (Fsp3) is 0.441. The van der Waals surface area contributed by atoms with E-state index in [0.717, 1.165) is 17.2 Å². The highest BCUT2D eigenvalue weighted by molar-refractivity contribution is 7.40. The first kappa shape index (κ1) is 43.8. The van der Waals surface area contributed by atoms with Crippen molar-refractivity contribution in [3.63, 3.8) is 0 Å². The standard InChI is InChI=1S/C34H37F2N11O12P2/c1-16(2)29(49)44-34-43-28-23(31(51)45-34)41-15-47(28)33-25(20(35)18(11-48)56-33)59-61(53)55-12-19-24(58-60(52)54-10-6-9-37)21(36)32(57-19)46-14-40-22-26(38-13-39-27(22)46)42-30(50)17-7-4-3-5-8-17/h3-5,7-8,13-16,18-21,24-25,32-33,48,53,60H,6,10-12H2,1-2H3,(H,38,39,42,50)(H2,43,44,45,49,51)/t18-,19-,20-,21+,24-,25-,32-,33-,61?/m1/s1. The molecule has 2 aliphatic rings. The average Bonchev–Trinajstić information content (AvgIpc) is 4.02. The number of aliphatic hydroxyl groups is 1. The van der Waals surface area contributed by atoms with Crippen molar-refractivity contribution in [1.82, 2.24) is 39.0 Å². The van der Waals surface area contributed by atoms with Crippen molar-refractivity contribution in [1.29, 1.82) is 5.26 Å². The number of hydrogen-bond donors (Lipinski definition) is 5. The minimum absolute atomic E-state index is 0.00567. The number of imidazole rings is 2. The van der Waals surface area contributed by atoms with E-state index in [4.69, 9.17) is 32.8 Å². The van der Waals surface area contributed by atoms with Gasteiger partial charge in [0.15, 0.2) is 52.9 Å². The lowest BCUT2D eigenvalue weighted by Crippen LogP contribution is -2.33. The van der Waals surface area contributed by atoms with Crippen molar-refractivity contribution in [3.8, 4) is 6.07 Å². The molecule has 2 unspecified atom stereocenters. The van der Waals surface area contributed by atoms with E-state index >= 15 is 8.78 Å². The zero-order chi connectivity index (χ0) is 43.4. The number of rotatable bonds is 17. The van der Waals surface area contributed by atoms with Gasteiger partial charge in [-0.3, -0.25) is 38.4 Å². The summed E-state index contributed by atoms with van der Waals surface area (Å²) in [5.74, 6) is -1.67. The van der Waals surface area contributed by atoms with Crippen LogP contribution in [0.3, 0.4) is 0 Å². The molecule has 0 radical (unpaired) electrons. The Kier molecular flexibility index (Phi) is 13.8. The van der Waals surface area contributed by atoms with Crippen LogP contribution in [0.2, 0.25) is 0 Å². The van der Waals surface area contributed by atoms with Crippen molar-refractivity contribution in [2.75, 3.05) is 30.5 Å². The number of fused-ring (bicyclic) bond motifs is 2. The Bertz CT molecular complexity index is 2490. The Hall–Kier alpha value is -5.25. The van der Waals surface area contributed by atoms with Crippen LogP contribution in [0.5, 0.6) is 0 Å². The monoisotopic (exact) mass is 891 g/mol. The smallest absolute Gasteiger partial charge is 0.330 e. The van der Waals surface area contributed by atoms with E-state index in [9.17, 15) is 28.9 Å². The molecular weight excluding hydrogens is 854 g/mol. The average molecular weight is 892 g/mol. The number of ether oxygens (including phenoxy) is 2. The van der Waals surface area contributed by atoms with E-state index in [-0.39, 0.29) is 47.1 Å². The van der Waals surface area contributed by atoms with Crippen LogP contribution in [0.4, 0.5) is 20.5 Å². The fourth-order valence-corrected chi connectivity index (χ4v) is 7.90. The molecule has 27 heteroatoms. The second-order valence-electron chi connectivity index (χ2n) is 13.6. The van der Waals surface area contributed by atoms with Gasteiger partial charge in [0, 0.05) is 11.5 Å². The first-order chi connectivity index (χ1) is 29.4. The molecule has 0 bridgehead atoms. The maximum absolute atomic E-state index is 16.4. The van der Waals surface area contributed by atoms with Crippen LogP contribution in [-0.4, -0.2) is 117 Å². The molecule has 5 aromatic rings. The summed E-state index contributed by atoms with van der Waals surface area (Å²) >= 11 is 0.